The Morgan fingerprint density at radius 2 is 2.10 bits per heavy atom. The standard InChI is InChI=1S/C14H17ClN2O3S/c15-12-5-4-11(21-12)10(18)3-6-13(19)17-7-1-2-9(8-17)14(16)20/h4-5,9H,1-3,6-8H2,(H2,16,20). The van der Waals surface area contributed by atoms with Crippen molar-refractivity contribution in [3.05, 3.63) is 21.3 Å². The van der Waals surface area contributed by atoms with Gasteiger partial charge in [0.2, 0.25) is 11.8 Å². The monoisotopic (exact) mass is 328 g/mol. The van der Waals surface area contributed by atoms with Crippen molar-refractivity contribution in [1.82, 2.24) is 4.90 Å². The molecular weight excluding hydrogens is 312 g/mol. The van der Waals surface area contributed by atoms with Crippen LogP contribution in [0.2, 0.25) is 4.34 Å². The number of rotatable bonds is 5. The van der Waals surface area contributed by atoms with E-state index in [0.717, 1.165) is 12.8 Å². The van der Waals surface area contributed by atoms with Crippen LogP contribution in [0.4, 0.5) is 0 Å². The Hall–Kier alpha value is -1.40. The van der Waals surface area contributed by atoms with Crippen molar-refractivity contribution < 1.29 is 14.4 Å². The third-order valence-electron chi connectivity index (χ3n) is 3.59. The molecule has 2 amide bonds. The summed E-state index contributed by atoms with van der Waals surface area (Å²) in [5, 5.41) is 0. The minimum Gasteiger partial charge on any atom is -0.369 e. The Kier molecular flexibility index (Phi) is 5.36. The topological polar surface area (TPSA) is 80.5 Å². The molecule has 21 heavy (non-hydrogen) atoms. The van der Waals surface area contributed by atoms with Gasteiger partial charge >= 0.3 is 0 Å². The largest absolute Gasteiger partial charge is 0.369 e. The minimum atomic E-state index is -0.364. The number of amides is 2. The van der Waals surface area contributed by atoms with Crippen LogP contribution in [-0.2, 0) is 9.59 Å². The van der Waals surface area contributed by atoms with Crippen molar-refractivity contribution >= 4 is 40.5 Å². The Bertz CT molecular complexity index is 558. The molecule has 5 nitrogen and oxygen atoms in total. The van der Waals surface area contributed by atoms with Crippen LogP contribution in [-0.4, -0.2) is 35.6 Å². The highest BCUT2D eigenvalue weighted by atomic mass is 35.5. The average molecular weight is 329 g/mol. The number of hydrogen-bond donors (Lipinski definition) is 1. The van der Waals surface area contributed by atoms with E-state index in [1.54, 1.807) is 17.0 Å². The van der Waals surface area contributed by atoms with Crippen LogP contribution in [0, 0.1) is 5.92 Å². The number of thiophene rings is 1. The number of ketones is 1. The molecule has 1 aromatic heterocycles. The van der Waals surface area contributed by atoms with E-state index in [0.29, 0.717) is 22.3 Å². The minimum absolute atomic E-state index is 0.0799. The van der Waals surface area contributed by atoms with Gasteiger partial charge in [-0.1, -0.05) is 11.6 Å². The second-order valence-electron chi connectivity index (χ2n) is 5.11. The maximum absolute atomic E-state index is 12.1. The van der Waals surface area contributed by atoms with Crippen LogP contribution >= 0.6 is 22.9 Å². The molecule has 0 saturated carbocycles. The molecule has 2 N–H and O–H groups in total. The molecule has 1 saturated heterocycles. The number of Topliss-reactive ketones (excluding diaryl/α,β-unsaturated/α-hetero) is 1. The van der Waals surface area contributed by atoms with Crippen LogP contribution < -0.4 is 5.73 Å². The summed E-state index contributed by atoms with van der Waals surface area (Å²) in [6, 6.07) is 3.34. The van der Waals surface area contributed by atoms with Crippen LogP contribution in [0.25, 0.3) is 0 Å². The SMILES string of the molecule is NC(=O)C1CCCN(C(=O)CCC(=O)c2ccc(Cl)s2)C1. The lowest BCUT2D eigenvalue weighted by molar-refractivity contribution is -0.134. The number of nitrogens with two attached hydrogens (primary N) is 1. The molecule has 1 aliphatic rings. The summed E-state index contributed by atoms with van der Waals surface area (Å²) in [6.45, 7) is 0.995. The zero-order chi connectivity index (χ0) is 15.4. The van der Waals surface area contributed by atoms with Gasteiger partial charge in [0.15, 0.2) is 5.78 Å². The number of carbonyl (C=O) groups is 3. The first-order chi connectivity index (χ1) is 9.97. The second-order valence-corrected chi connectivity index (χ2v) is 6.82. The number of primary amides is 1. The van der Waals surface area contributed by atoms with Gasteiger partial charge in [-0.05, 0) is 25.0 Å². The van der Waals surface area contributed by atoms with E-state index in [9.17, 15) is 14.4 Å². The van der Waals surface area contributed by atoms with Gasteiger partial charge in [0, 0.05) is 25.9 Å². The van der Waals surface area contributed by atoms with Crippen LogP contribution in [0.1, 0.15) is 35.4 Å². The van der Waals surface area contributed by atoms with E-state index in [4.69, 9.17) is 17.3 Å². The second kappa shape index (κ2) is 7.04. The zero-order valence-corrected chi connectivity index (χ0v) is 13.1. The molecule has 2 rings (SSSR count). The zero-order valence-electron chi connectivity index (χ0n) is 11.5. The molecule has 0 bridgehead atoms. The number of likely N-dealkylation sites (tertiary alicyclic amines) is 1. The van der Waals surface area contributed by atoms with Gasteiger partial charge in [-0.3, -0.25) is 14.4 Å². The van der Waals surface area contributed by atoms with Gasteiger partial charge in [-0.15, -0.1) is 11.3 Å². The molecule has 0 aliphatic carbocycles. The van der Waals surface area contributed by atoms with E-state index in [2.05, 4.69) is 0 Å². The molecule has 2 heterocycles. The van der Waals surface area contributed by atoms with Gasteiger partial charge in [0.25, 0.3) is 0 Å². The highest BCUT2D eigenvalue weighted by Gasteiger charge is 2.27. The Balaban J connectivity index is 1.84. The van der Waals surface area contributed by atoms with Crippen molar-refractivity contribution in [2.75, 3.05) is 13.1 Å². The third kappa shape index (κ3) is 4.28. The first-order valence-electron chi connectivity index (χ1n) is 6.83. The van der Waals surface area contributed by atoms with E-state index in [1.165, 1.54) is 11.3 Å². The highest BCUT2D eigenvalue weighted by molar-refractivity contribution is 7.18. The van der Waals surface area contributed by atoms with Crippen LogP contribution in [0.3, 0.4) is 0 Å². The quantitative estimate of drug-likeness (QED) is 0.840. The summed E-state index contributed by atoms with van der Waals surface area (Å²) in [4.78, 5) is 37.4. The van der Waals surface area contributed by atoms with E-state index in [-0.39, 0.29) is 36.4 Å². The van der Waals surface area contributed by atoms with Crippen LogP contribution in [0.15, 0.2) is 12.1 Å². The molecule has 1 aromatic rings. The molecule has 1 atom stereocenters. The van der Waals surface area contributed by atoms with E-state index in [1.807, 2.05) is 0 Å². The average Bonchev–Trinajstić information content (AvgIpc) is 2.91. The Morgan fingerprint density at radius 1 is 1.33 bits per heavy atom. The summed E-state index contributed by atoms with van der Waals surface area (Å²) in [7, 11) is 0. The number of piperidine rings is 1. The summed E-state index contributed by atoms with van der Waals surface area (Å²) >= 11 is 7.00. The predicted octanol–water partition coefficient (Wildman–Crippen LogP) is 2.09. The van der Waals surface area contributed by atoms with E-state index < -0.39 is 0 Å². The summed E-state index contributed by atoms with van der Waals surface area (Å²) < 4.78 is 0.560. The normalized spacial score (nSPS) is 18.5. The smallest absolute Gasteiger partial charge is 0.223 e. The summed E-state index contributed by atoms with van der Waals surface area (Å²) in [6.07, 6.45) is 1.81. The first kappa shape index (κ1) is 16.0. The molecule has 1 unspecified atom stereocenters. The molecular formula is C14H17ClN2O3S. The number of hydrogen-bond acceptors (Lipinski definition) is 4. The Morgan fingerprint density at radius 3 is 2.71 bits per heavy atom. The molecule has 114 valence electrons. The van der Waals surface area contributed by atoms with Crippen molar-refractivity contribution in [3.63, 3.8) is 0 Å². The number of carbonyl (C=O) groups excluding carboxylic acids is 3. The first-order valence-corrected chi connectivity index (χ1v) is 8.02. The lowest BCUT2D eigenvalue weighted by atomic mass is 9.97. The fourth-order valence-electron chi connectivity index (χ4n) is 2.40. The van der Waals surface area contributed by atoms with Gasteiger partial charge in [0.05, 0.1) is 15.1 Å². The molecule has 0 radical (unpaired) electrons. The molecule has 0 spiro atoms. The highest BCUT2D eigenvalue weighted by Crippen LogP contribution is 2.23. The maximum atomic E-state index is 12.1. The van der Waals surface area contributed by atoms with Crippen molar-refractivity contribution in [2.24, 2.45) is 11.7 Å². The summed E-state index contributed by atoms with van der Waals surface area (Å²) in [5.41, 5.74) is 5.29. The molecule has 1 fully saturated rings. The van der Waals surface area contributed by atoms with Crippen molar-refractivity contribution in [3.8, 4) is 0 Å². The lowest BCUT2D eigenvalue weighted by Crippen LogP contribution is -2.44. The molecule has 7 heteroatoms. The summed E-state index contributed by atoms with van der Waals surface area (Å²) in [5.74, 6) is -0.813. The van der Waals surface area contributed by atoms with Crippen molar-refractivity contribution in [1.29, 1.82) is 0 Å². The van der Waals surface area contributed by atoms with Gasteiger partial charge in [0.1, 0.15) is 0 Å². The van der Waals surface area contributed by atoms with Gasteiger partial charge < -0.3 is 10.6 Å². The fourth-order valence-corrected chi connectivity index (χ4v) is 3.41. The maximum Gasteiger partial charge on any atom is 0.223 e. The predicted molar refractivity (Wildman–Crippen MR) is 81.4 cm³/mol. The number of nitrogens with zero attached hydrogens (tertiary/aromatic N) is 1. The fraction of sp³-hybridized carbons (Fsp3) is 0.500. The molecule has 1 aliphatic heterocycles. The lowest BCUT2D eigenvalue weighted by Gasteiger charge is -2.31. The van der Waals surface area contributed by atoms with Gasteiger partial charge in [-0.25, -0.2) is 0 Å². The third-order valence-corrected chi connectivity index (χ3v) is 4.86. The number of halogens is 1. The van der Waals surface area contributed by atoms with Crippen molar-refractivity contribution in [2.45, 2.75) is 25.7 Å². The molecule has 0 aromatic carbocycles. The Labute approximate surface area is 132 Å². The van der Waals surface area contributed by atoms with Gasteiger partial charge in [-0.2, -0.15) is 0 Å². The van der Waals surface area contributed by atoms with Crippen LogP contribution in [0.5, 0.6) is 0 Å². The van der Waals surface area contributed by atoms with E-state index >= 15 is 0 Å².